The highest BCUT2D eigenvalue weighted by molar-refractivity contribution is 7.99. The van der Waals surface area contributed by atoms with E-state index in [4.69, 9.17) is 0 Å². The van der Waals surface area contributed by atoms with Crippen LogP contribution in [0.4, 0.5) is 5.13 Å². The van der Waals surface area contributed by atoms with E-state index in [1.165, 1.54) is 23.1 Å². The Labute approximate surface area is 164 Å². The zero-order valence-electron chi connectivity index (χ0n) is 14.6. The highest BCUT2D eigenvalue weighted by Crippen LogP contribution is 2.26. The SMILES string of the molecule is CCc1nnc(SCC(=O)Nc2nc3ccccc3s2)n1-c1ccccc1. The molecule has 136 valence electrons. The Balaban J connectivity index is 1.47. The molecule has 2 aromatic carbocycles. The molecular formula is C19H17N5OS2. The number of thiazole rings is 1. The summed E-state index contributed by atoms with van der Waals surface area (Å²) in [5.74, 6) is 1.000. The summed E-state index contributed by atoms with van der Waals surface area (Å²) in [6.07, 6.45) is 0.764. The number of aromatic nitrogens is 4. The van der Waals surface area contributed by atoms with E-state index >= 15 is 0 Å². The molecule has 0 saturated heterocycles. The maximum absolute atomic E-state index is 12.4. The first-order valence-electron chi connectivity index (χ1n) is 8.52. The van der Waals surface area contributed by atoms with E-state index in [1.54, 1.807) is 0 Å². The predicted molar refractivity (Wildman–Crippen MR) is 110 cm³/mol. The van der Waals surface area contributed by atoms with Crippen molar-refractivity contribution in [2.75, 3.05) is 11.1 Å². The van der Waals surface area contributed by atoms with E-state index in [1.807, 2.05) is 66.1 Å². The fourth-order valence-corrected chi connectivity index (χ4v) is 4.32. The van der Waals surface area contributed by atoms with Gasteiger partial charge >= 0.3 is 0 Å². The minimum absolute atomic E-state index is 0.111. The Hall–Kier alpha value is -2.71. The molecule has 4 aromatic rings. The van der Waals surface area contributed by atoms with Crippen molar-refractivity contribution < 1.29 is 4.79 Å². The average molecular weight is 396 g/mol. The van der Waals surface area contributed by atoms with Crippen molar-refractivity contribution in [2.24, 2.45) is 0 Å². The van der Waals surface area contributed by atoms with Gasteiger partial charge in [0.2, 0.25) is 5.91 Å². The third-order valence-electron chi connectivity index (χ3n) is 3.90. The Morgan fingerprint density at radius 2 is 1.89 bits per heavy atom. The maximum atomic E-state index is 12.4. The number of nitrogens with one attached hydrogen (secondary N) is 1. The monoisotopic (exact) mass is 395 g/mol. The van der Waals surface area contributed by atoms with Crippen molar-refractivity contribution in [1.29, 1.82) is 0 Å². The zero-order chi connectivity index (χ0) is 18.6. The standard InChI is InChI=1S/C19H17N5OS2/c1-2-16-22-23-19(24(16)13-8-4-3-5-9-13)26-12-17(25)21-18-20-14-10-6-7-11-15(14)27-18/h3-11H,2,12H2,1H3,(H,20,21,25). The van der Waals surface area contributed by atoms with Gasteiger partial charge in [0, 0.05) is 12.1 Å². The summed E-state index contributed by atoms with van der Waals surface area (Å²) in [7, 11) is 0. The Morgan fingerprint density at radius 3 is 2.67 bits per heavy atom. The van der Waals surface area contributed by atoms with Crippen molar-refractivity contribution in [3.05, 3.63) is 60.4 Å². The second-order valence-electron chi connectivity index (χ2n) is 5.75. The van der Waals surface area contributed by atoms with Crippen molar-refractivity contribution in [3.8, 4) is 5.69 Å². The van der Waals surface area contributed by atoms with Crippen LogP contribution in [0.2, 0.25) is 0 Å². The molecule has 27 heavy (non-hydrogen) atoms. The first-order chi connectivity index (χ1) is 13.2. The molecule has 1 amide bonds. The van der Waals surface area contributed by atoms with Crippen LogP contribution in [0.25, 0.3) is 15.9 Å². The van der Waals surface area contributed by atoms with Gasteiger partial charge in [-0.05, 0) is 24.3 Å². The van der Waals surface area contributed by atoms with Crippen molar-refractivity contribution in [1.82, 2.24) is 19.7 Å². The molecule has 8 heteroatoms. The van der Waals surface area contributed by atoms with Crippen LogP contribution in [-0.4, -0.2) is 31.4 Å². The number of benzene rings is 2. The van der Waals surface area contributed by atoms with Crippen LogP contribution in [0.5, 0.6) is 0 Å². The van der Waals surface area contributed by atoms with Crippen molar-refractivity contribution >= 4 is 44.4 Å². The fourth-order valence-electron chi connectivity index (χ4n) is 2.67. The van der Waals surface area contributed by atoms with E-state index in [-0.39, 0.29) is 11.7 Å². The number of amides is 1. The van der Waals surface area contributed by atoms with E-state index in [2.05, 4.69) is 20.5 Å². The minimum Gasteiger partial charge on any atom is -0.301 e. The number of nitrogens with zero attached hydrogens (tertiary/aromatic N) is 4. The number of carbonyl (C=O) groups excluding carboxylic acids is 1. The second kappa shape index (κ2) is 7.89. The molecule has 2 heterocycles. The number of hydrogen-bond acceptors (Lipinski definition) is 6. The molecule has 0 aliphatic heterocycles. The van der Waals surface area contributed by atoms with E-state index < -0.39 is 0 Å². The number of anilines is 1. The van der Waals surface area contributed by atoms with Gasteiger partial charge in [0.1, 0.15) is 5.82 Å². The molecule has 0 bridgehead atoms. The molecule has 4 rings (SSSR count). The second-order valence-corrected chi connectivity index (χ2v) is 7.72. The normalized spacial score (nSPS) is 11.0. The smallest absolute Gasteiger partial charge is 0.236 e. The van der Waals surface area contributed by atoms with Gasteiger partial charge in [0.15, 0.2) is 10.3 Å². The summed E-state index contributed by atoms with van der Waals surface area (Å²) in [6.45, 7) is 2.04. The quantitative estimate of drug-likeness (QED) is 0.496. The lowest BCUT2D eigenvalue weighted by Gasteiger charge is -2.09. The summed E-state index contributed by atoms with van der Waals surface area (Å²) in [6, 6.07) is 17.8. The number of hydrogen-bond donors (Lipinski definition) is 1. The molecule has 2 aromatic heterocycles. The molecule has 1 N–H and O–H groups in total. The van der Waals surface area contributed by atoms with Gasteiger partial charge in [-0.2, -0.15) is 0 Å². The van der Waals surface area contributed by atoms with Gasteiger partial charge in [-0.25, -0.2) is 4.98 Å². The Kier molecular flexibility index (Phi) is 5.17. The lowest BCUT2D eigenvalue weighted by Crippen LogP contribution is -2.14. The van der Waals surface area contributed by atoms with Crippen molar-refractivity contribution in [2.45, 2.75) is 18.5 Å². The van der Waals surface area contributed by atoms with Crippen LogP contribution < -0.4 is 5.32 Å². The Bertz CT molecular complexity index is 1040. The minimum atomic E-state index is -0.111. The maximum Gasteiger partial charge on any atom is 0.236 e. The van der Waals surface area contributed by atoms with Crippen LogP contribution in [0.1, 0.15) is 12.7 Å². The summed E-state index contributed by atoms with van der Waals surface area (Å²) in [5, 5.41) is 12.7. The van der Waals surface area contributed by atoms with E-state index in [0.29, 0.717) is 10.3 Å². The molecule has 6 nitrogen and oxygen atoms in total. The number of aryl methyl sites for hydroxylation is 1. The number of para-hydroxylation sites is 2. The topological polar surface area (TPSA) is 72.7 Å². The average Bonchev–Trinajstić information content (AvgIpc) is 3.30. The number of fused-ring (bicyclic) bond motifs is 1. The van der Waals surface area contributed by atoms with Crippen LogP contribution >= 0.6 is 23.1 Å². The number of rotatable bonds is 6. The fraction of sp³-hybridized carbons (Fsp3) is 0.158. The first kappa shape index (κ1) is 17.7. The van der Waals surface area contributed by atoms with Gasteiger partial charge in [0.05, 0.1) is 16.0 Å². The largest absolute Gasteiger partial charge is 0.301 e. The van der Waals surface area contributed by atoms with E-state index in [9.17, 15) is 4.79 Å². The van der Waals surface area contributed by atoms with Crippen LogP contribution in [0.3, 0.4) is 0 Å². The number of thioether (sulfide) groups is 1. The molecule has 0 radical (unpaired) electrons. The van der Waals surface area contributed by atoms with Gasteiger partial charge < -0.3 is 5.32 Å². The van der Waals surface area contributed by atoms with Gasteiger partial charge in [0.25, 0.3) is 0 Å². The lowest BCUT2D eigenvalue weighted by atomic mass is 10.3. The number of carbonyl (C=O) groups is 1. The molecule has 0 aliphatic rings. The third kappa shape index (κ3) is 3.86. The van der Waals surface area contributed by atoms with Gasteiger partial charge in [-0.3, -0.25) is 9.36 Å². The van der Waals surface area contributed by atoms with Crippen LogP contribution in [0.15, 0.2) is 59.8 Å². The summed E-state index contributed by atoms with van der Waals surface area (Å²) < 4.78 is 3.05. The lowest BCUT2D eigenvalue weighted by molar-refractivity contribution is -0.113. The van der Waals surface area contributed by atoms with Gasteiger partial charge in [-0.1, -0.05) is 60.4 Å². The molecule has 0 atom stereocenters. The Morgan fingerprint density at radius 1 is 1.11 bits per heavy atom. The van der Waals surface area contributed by atoms with Crippen LogP contribution in [-0.2, 0) is 11.2 Å². The summed E-state index contributed by atoms with van der Waals surface area (Å²) in [4.78, 5) is 16.8. The van der Waals surface area contributed by atoms with Crippen LogP contribution in [0, 0.1) is 0 Å². The molecular weight excluding hydrogens is 378 g/mol. The zero-order valence-corrected chi connectivity index (χ0v) is 16.3. The highest BCUT2D eigenvalue weighted by atomic mass is 32.2. The highest BCUT2D eigenvalue weighted by Gasteiger charge is 2.15. The summed E-state index contributed by atoms with van der Waals surface area (Å²) >= 11 is 2.84. The molecule has 0 aliphatic carbocycles. The van der Waals surface area contributed by atoms with Gasteiger partial charge in [-0.15, -0.1) is 10.2 Å². The first-order valence-corrected chi connectivity index (χ1v) is 10.3. The van der Waals surface area contributed by atoms with Crippen molar-refractivity contribution in [3.63, 3.8) is 0 Å². The predicted octanol–water partition coefficient (Wildman–Crippen LogP) is 4.17. The molecule has 0 unspecified atom stereocenters. The third-order valence-corrected chi connectivity index (χ3v) is 5.78. The molecule has 0 spiro atoms. The molecule has 0 saturated carbocycles. The summed E-state index contributed by atoms with van der Waals surface area (Å²) in [5.41, 5.74) is 1.88. The molecule has 0 fully saturated rings. The van der Waals surface area contributed by atoms with E-state index in [0.717, 1.165) is 28.1 Å².